The number of nitriles is 1. The number of nitrogens with one attached hydrogen (secondary N) is 1. The lowest BCUT2D eigenvalue weighted by atomic mass is 9.97. The van der Waals surface area contributed by atoms with E-state index in [1.165, 1.54) is 0 Å². The zero-order valence-corrected chi connectivity index (χ0v) is 11.6. The summed E-state index contributed by atoms with van der Waals surface area (Å²) in [5, 5.41) is 11.6. The molecule has 1 saturated heterocycles. The van der Waals surface area contributed by atoms with Gasteiger partial charge in [0, 0.05) is 38.4 Å². The van der Waals surface area contributed by atoms with Gasteiger partial charge in [0.2, 0.25) is 5.91 Å². The molecule has 1 unspecified atom stereocenters. The van der Waals surface area contributed by atoms with E-state index >= 15 is 0 Å². The van der Waals surface area contributed by atoms with Crippen molar-refractivity contribution in [3.8, 4) is 6.07 Å². The lowest BCUT2D eigenvalue weighted by Crippen LogP contribution is -2.43. The van der Waals surface area contributed by atoms with E-state index in [1.54, 1.807) is 12.4 Å². The quantitative estimate of drug-likeness (QED) is 0.878. The Kier molecular flexibility index (Phi) is 5.51. The largest absolute Gasteiger partial charge is 0.352 e. The Morgan fingerprint density at radius 3 is 3.25 bits per heavy atom. The third-order valence-electron chi connectivity index (χ3n) is 3.61. The molecule has 1 aromatic heterocycles. The second-order valence-electron chi connectivity index (χ2n) is 5.13. The van der Waals surface area contributed by atoms with Crippen molar-refractivity contribution in [2.75, 3.05) is 19.6 Å². The van der Waals surface area contributed by atoms with Crippen LogP contribution in [0.1, 0.15) is 24.8 Å². The highest BCUT2D eigenvalue weighted by Crippen LogP contribution is 2.16. The van der Waals surface area contributed by atoms with Crippen molar-refractivity contribution < 1.29 is 4.79 Å². The zero-order valence-electron chi connectivity index (χ0n) is 11.6. The van der Waals surface area contributed by atoms with Gasteiger partial charge in [-0.1, -0.05) is 6.07 Å². The predicted molar refractivity (Wildman–Crippen MR) is 75.5 cm³/mol. The molecule has 1 N–H and O–H groups in total. The smallest absolute Gasteiger partial charge is 0.224 e. The second kappa shape index (κ2) is 7.61. The van der Waals surface area contributed by atoms with Crippen LogP contribution in [-0.2, 0) is 11.3 Å². The summed E-state index contributed by atoms with van der Waals surface area (Å²) in [5.41, 5.74) is 1.01. The minimum Gasteiger partial charge on any atom is -0.352 e. The van der Waals surface area contributed by atoms with Crippen LogP contribution in [0.25, 0.3) is 0 Å². The van der Waals surface area contributed by atoms with Crippen LogP contribution in [0.15, 0.2) is 24.5 Å². The maximum absolute atomic E-state index is 12.2. The third kappa shape index (κ3) is 4.32. The van der Waals surface area contributed by atoms with Crippen molar-refractivity contribution >= 4 is 5.91 Å². The Morgan fingerprint density at radius 1 is 1.60 bits per heavy atom. The number of rotatable bonds is 5. The van der Waals surface area contributed by atoms with Crippen molar-refractivity contribution in [1.82, 2.24) is 15.2 Å². The minimum absolute atomic E-state index is 0.0408. The Bertz CT molecular complexity index is 469. The highest BCUT2D eigenvalue weighted by Gasteiger charge is 2.25. The number of pyridine rings is 1. The van der Waals surface area contributed by atoms with Crippen LogP contribution in [0.3, 0.4) is 0 Å². The lowest BCUT2D eigenvalue weighted by molar-refractivity contribution is -0.126. The molecule has 0 saturated carbocycles. The number of hydrogen-bond acceptors (Lipinski definition) is 4. The SMILES string of the molecule is N#CCCN1CCCC(C(=O)NCc2cccnc2)C1. The maximum atomic E-state index is 12.2. The first kappa shape index (κ1) is 14.5. The van der Waals surface area contributed by atoms with Gasteiger partial charge in [0.25, 0.3) is 0 Å². The van der Waals surface area contributed by atoms with Gasteiger partial charge in [-0.25, -0.2) is 0 Å². The Morgan fingerprint density at radius 2 is 2.50 bits per heavy atom. The summed E-state index contributed by atoms with van der Waals surface area (Å²) < 4.78 is 0. The van der Waals surface area contributed by atoms with E-state index in [0.717, 1.165) is 38.0 Å². The fourth-order valence-corrected chi connectivity index (χ4v) is 2.52. The normalized spacial score (nSPS) is 19.2. The van der Waals surface area contributed by atoms with Crippen LogP contribution in [-0.4, -0.2) is 35.4 Å². The average Bonchev–Trinajstić information content (AvgIpc) is 2.52. The number of likely N-dealkylation sites (tertiary alicyclic amines) is 1. The van der Waals surface area contributed by atoms with Crippen LogP contribution >= 0.6 is 0 Å². The summed E-state index contributed by atoms with van der Waals surface area (Å²) in [5.74, 6) is 0.148. The number of nitrogens with zero attached hydrogens (tertiary/aromatic N) is 3. The molecule has 1 aliphatic heterocycles. The molecule has 2 rings (SSSR count). The number of carbonyl (C=O) groups excluding carboxylic acids is 1. The molecular weight excluding hydrogens is 252 g/mol. The minimum atomic E-state index is 0.0408. The fraction of sp³-hybridized carbons (Fsp3) is 0.533. The van der Waals surface area contributed by atoms with Crippen molar-refractivity contribution in [3.05, 3.63) is 30.1 Å². The number of carbonyl (C=O) groups is 1. The zero-order chi connectivity index (χ0) is 14.2. The highest BCUT2D eigenvalue weighted by atomic mass is 16.1. The van der Waals surface area contributed by atoms with Gasteiger partial charge in [0.05, 0.1) is 12.0 Å². The van der Waals surface area contributed by atoms with E-state index in [1.807, 2.05) is 12.1 Å². The van der Waals surface area contributed by atoms with E-state index in [0.29, 0.717) is 13.0 Å². The molecular formula is C15H20N4O. The van der Waals surface area contributed by atoms with Crippen molar-refractivity contribution in [3.63, 3.8) is 0 Å². The summed E-state index contributed by atoms with van der Waals surface area (Å²) in [7, 11) is 0. The molecule has 106 valence electrons. The summed E-state index contributed by atoms with van der Waals surface area (Å²) in [4.78, 5) is 18.4. The summed E-state index contributed by atoms with van der Waals surface area (Å²) in [6.07, 6.45) is 5.97. The van der Waals surface area contributed by atoms with Crippen LogP contribution in [0, 0.1) is 17.2 Å². The van der Waals surface area contributed by atoms with Crippen LogP contribution in [0.4, 0.5) is 0 Å². The van der Waals surface area contributed by atoms with Gasteiger partial charge in [0.1, 0.15) is 0 Å². The fourth-order valence-electron chi connectivity index (χ4n) is 2.52. The molecule has 0 aromatic carbocycles. The number of piperidine rings is 1. The van der Waals surface area contributed by atoms with Crippen molar-refractivity contribution in [2.24, 2.45) is 5.92 Å². The first-order chi connectivity index (χ1) is 9.79. The molecule has 1 atom stereocenters. The molecule has 1 amide bonds. The Balaban J connectivity index is 1.78. The molecule has 0 spiro atoms. The van der Waals surface area contributed by atoms with E-state index < -0.39 is 0 Å². The molecule has 20 heavy (non-hydrogen) atoms. The highest BCUT2D eigenvalue weighted by molar-refractivity contribution is 5.78. The van der Waals surface area contributed by atoms with Gasteiger partial charge in [-0.2, -0.15) is 5.26 Å². The van der Waals surface area contributed by atoms with Gasteiger partial charge in [-0.3, -0.25) is 9.78 Å². The molecule has 2 heterocycles. The van der Waals surface area contributed by atoms with E-state index in [9.17, 15) is 4.79 Å². The van der Waals surface area contributed by atoms with E-state index in [4.69, 9.17) is 5.26 Å². The standard InChI is InChI=1S/C15H20N4O/c16-6-3-9-19-8-2-5-14(12-19)15(20)18-11-13-4-1-7-17-10-13/h1,4,7,10,14H,2-3,5,8-9,11-12H2,(H,18,20). The monoisotopic (exact) mass is 272 g/mol. The molecule has 5 heteroatoms. The van der Waals surface area contributed by atoms with Gasteiger partial charge in [0.15, 0.2) is 0 Å². The van der Waals surface area contributed by atoms with Crippen molar-refractivity contribution in [1.29, 1.82) is 5.26 Å². The average molecular weight is 272 g/mol. The molecule has 0 aliphatic carbocycles. The first-order valence-corrected chi connectivity index (χ1v) is 7.05. The molecule has 1 aromatic rings. The Hall–Kier alpha value is -1.93. The summed E-state index contributed by atoms with van der Waals surface area (Å²) in [6.45, 7) is 3.05. The molecule has 5 nitrogen and oxygen atoms in total. The number of amides is 1. The predicted octanol–water partition coefficient (Wildman–Crippen LogP) is 1.32. The van der Waals surface area contributed by atoms with E-state index in [2.05, 4.69) is 21.3 Å². The van der Waals surface area contributed by atoms with Gasteiger partial charge < -0.3 is 10.2 Å². The molecule has 0 bridgehead atoms. The Labute approximate surface area is 119 Å². The number of hydrogen-bond donors (Lipinski definition) is 1. The summed E-state index contributed by atoms with van der Waals surface area (Å²) in [6, 6.07) is 5.98. The number of aromatic nitrogens is 1. The third-order valence-corrected chi connectivity index (χ3v) is 3.61. The van der Waals surface area contributed by atoms with E-state index in [-0.39, 0.29) is 11.8 Å². The lowest BCUT2D eigenvalue weighted by Gasteiger charge is -2.31. The topological polar surface area (TPSA) is 69.0 Å². The molecule has 1 aliphatic rings. The van der Waals surface area contributed by atoms with Crippen LogP contribution in [0.2, 0.25) is 0 Å². The second-order valence-corrected chi connectivity index (χ2v) is 5.13. The molecule has 0 radical (unpaired) electrons. The van der Waals surface area contributed by atoms with Crippen LogP contribution < -0.4 is 5.32 Å². The maximum Gasteiger partial charge on any atom is 0.224 e. The van der Waals surface area contributed by atoms with Gasteiger partial charge >= 0.3 is 0 Å². The van der Waals surface area contributed by atoms with Crippen LogP contribution in [0.5, 0.6) is 0 Å². The van der Waals surface area contributed by atoms with Gasteiger partial charge in [-0.15, -0.1) is 0 Å². The first-order valence-electron chi connectivity index (χ1n) is 7.05. The van der Waals surface area contributed by atoms with Gasteiger partial charge in [-0.05, 0) is 31.0 Å². The van der Waals surface area contributed by atoms with Crippen molar-refractivity contribution in [2.45, 2.75) is 25.8 Å². The summed E-state index contributed by atoms with van der Waals surface area (Å²) >= 11 is 0. The molecule has 1 fully saturated rings.